The van der Waals surface area contributed by atoms with Gasteiger partial charge in [0, 0.05) is 37.2 Å². The molecule has 4 heteroatoms. The van der Waals surface area contributed by atoms with Crippen molar-refractivity contribution < 1.29 is 4.79 Å². The van der Waals surface area contributed by atoms with Crippen LogP contribution in [0.1, 0.15) is 21.5 Å². The van der Waals surface area contributed by atoms with Gasteiger partial charge in [-0.25, -0.2) is 0 Å². The predicted octanol–water partition coefficient (Wildman–Crippen LogP) is 5.23. The number of ketones is 1. The molecule has 1 aromatic heterocycles. The van der Waals surface area contributed by atoms with Crippen molar-refractivity contribution in [1.29, 1.82) is 0 Å². The summed E-state index contributed by atoms with van der Waals surface area (Å²) in [6, 6.07) is 11.6. The van der Waals surface area contributed by atoms with Crippen LogP contribution in [-0.2, 0) is 0 Å². The molecule has 0 aliphatic carbocycles. The van der Waals surface area contributed by atoms with E-state index in [4.69, 9.17) is 0 Å². The van der Waals surface area contributed by atoms with E-state index < -0.39 is 0 Å². The second kappa shape index (κ2) is 5.19. The first kappa shape index (κ1) is 13.6. The van der Waals surface area contributed by atoms with E-state index in [1.807, 2.05) is 43.3 Å². The number of nitrogens with one attached hydrogen (secondary N) is 1. The summed E-state index contributed by atoms with van der Waals surface area (Å²) in [4.78, 5) is 15.8. The number of H-pyrrole nitrogens is 1. The Labute approximate surface area is 133 Å². The number of aryl methyl sites for hydroxylation is 1. The second-order valence-corrected chi connectivity index (χ2v) is 6.47. The number of fused-ring (bicyclic) bond motifs is 1. The van der Waals surface area contributed by atoms with Crippen molar-refractivity contribution in [3.63, 3.8) is 0 Å². The SMILES string of the molecule is Cc1ccc(C(=O)c2c[nH]c3ccc(Br)cc23)c(Br)c1. The molecule has 2 nitrogen and oxygen atoms in total. The second-order valence-electron chi connectivity index (χ2n) is 4.70. The number of benzene rings is 2. The van der Waals surface area contributed by atoms with Crippen molar-refractivity contribution in [2.45, 2.75) is 6.92 Å². The molecule has 0 unspecified atom stereocenters. The normalized spacial score (nSPS) is 10.9. The lowest BCUT2D eigenvalue weighted by atomic mass is 10.0. The lowest BCUT2D eigenvalue weighted by Gasteiger charge is -2.04. The van der Waals surface area contributed by atoms with Gasteiger partial charge in [-0.1, -0.05) is 37.9 Å². The Bertz CT molecular complexity index is 820. The van der Waals surface area contributed by atoms with E-state index in [1.165, 1.54) is 0 Å². The molecule has 0 atom stereocenters. The smallest absolute Gasteiger partial charge is 0.196 e. The molecule has 2 aromatic carbocycles. The maximum Gasteiger partial charge on any atom is 0.196 e. The average molecular weight is 393 g/mol. The molecule has 0 aliphatic heterocycles. The van der Waals surface area contributed by atoms with Crippen LogP contribution >= 0.6 is 31.9 Å². The highest BCUT2D eigenvalue weighted by Crippen LogP contribution is 2.27. The third-order valence-corrected chi connectivity index (χ3v) is 4.41. The number of carbonyl (C=O) groups excluding carboxylic acids is 1. The number of hydrogen-bond donors (Lipinski definition) is 1. The Kier molecular flexibility index (Phi) is 3.52. The topological polar surface area (TPSA) is 32.9 Å². The molecule has 0 spiro atoms. The number of aromatic amines is 1. The number of rotatable bonds is 2. The van der Waals surface area contributed by atoms with E-state index >= 15 is 0 Å². The molecular weight excluding hydrogens is 382 g/mol. The molecular formula is C16H11Br2NO. The quantitative estimate of drug-likeness (QED) is 0.595. The van der Waals surface area contributed by atoms with Crippen LogP contribution in [0.4, 0.5) is 0 Å². The summed E-state index contributed by atoms with van der Waals surface area (Å²) in [6.07, 6.45) is 1.77. The first-order valence-electron chi connectivity index (χ1n) is 6.14. The van der Waals surface area contributed by atoms with Crippen molar-refractivity contribution in [2.75, 3.05) is 0 Å². The molecule has 100 valence electrons. The van der Waals surface area contributed by atoms with Gasteiger partial charge in [0.1, 0.15) is 0 Å². The van der Waals surface area contributed by atoms with Crippen LogP contribution in [0.15, 0.2) is 51.5 Å². The fourth-order valence-corrected chi connectivity index (χ4v) is 3.26. The van der Waals surface area contributed by atoms with Gasteiger partial charge in [-0.2, -0.15) is 0 Å². The van der Waals surface area contributed by atoms with Gasteiger partial charge in [0.25, 0.3) is 0 Å². The standard InChI is InChI=1S/C16H11Br2NO/c1-9-2-4-11(14(18)6-9)16(20)13-8-19-15-5-3-10(17)7-12(13)15/h2-8,19H,1H3. The van der Waals surface area contributed by atoms with Gasteiger partial charge >= 0.3 is 0 Å². The number of hydrogen-bond acceptors (Lipinski definition) is 1. The summed E-state index contributed by atoms with van der Waals surface area (Å²) >= 11 is 6.92. The Hall–Kier alpha value is -1.39. The predicted molar refractivity (Wildman–Crippen MR) is 88.3 cm³/mol. The van der Waals surface area contributed by atoms with Crippen molar-refractivity contribution in [3.8, 4) is 0 Å². The third-order valence-electron chi connectivity index (χ3n) is 3.26. The van der Waals surface area contributed by atoms with Gasteiger partial charge < -0.3 is 4.98 Å². The van der Waals surface area contributed by atoms with Crippen LogP contribution in [-0.4, -0.2) is 10.8 Å². The van der Waals surface area contributed by atoms with Crippen LogP contribution in [0.2, 0.25) is 0 Å². The number of carbonyl (C=O) groups is 1. The van der Waals surface area contributed by atoms with Gasteiger partial charge in [-0.3, -0.25) is 4.79 Å². The molecule has 0 fully saturated rings. The zero-order valence-corrected chi connectivity index (χ0v) is 13.9. The lowest BCUT2D eigenvalue weighted by Crippen LogP contribution is -2.01. The molecule has 0 saturated carbocycles. The molecule has 0 bridgehead atoms. The largest absolute Gasteiger partial charge is 0.360 e. The summed E-state index contributed by atoms with van der Waals surface area (Å²) in [5, 5.41) is 0.928. The minimum Gasteiger partial charge on any atom is -0.360 e. The van der Waals surface area contributed by atoms with E-state index in [0.29, 0.717) is 11.1 Å². The van der Waals surface area contributed by atoms with Crippen molar-refractivity contribution in [2.24, 2.45) is 0 Å². The van der Waals surface area contributed by atoms with E-state index in [9.17, 15) is 4.79 Å². The fraction of sp³-hybridized carbons (Fsp3) is 0.0625. The summed E-state index contributed by atoms with van der Waals surface area (Å²) in [7, 11) is 0. The van der Waals surface area contributed by atoms with Crippen LogP contribution in [0.3, 0.4) is 0 Å². The Morgan fingerprint density at radius 3 is 2.60 bits per heavy atom. The Morgan fingerprint density at radius 1 is 1.05 bits per heavy atom. The van der Waals surface area contributed by atoms with Crippen LogP contribution in [0.5, 0.6) is 0 Å². The molecule has 1 N–H and O–H groups in total. The van der Waals surface area contributed by atoms with Gasteiger partial charge in [-0.15, -0.1) is 0 Å². The van der Waals surface area contributed by atoms with E-state index in [0.717, 1.165) is 25.4 Å². The highest BCUT2D eigenvalue weighted by molar-refractivity contribution is 9.10. The zero-order chi connectivity index (χ0) is 14.3. The summed E-state index contributed by atoms with van der Waals surface area (Å²) < 4.78 is 1.79. The van der Waals surface area contributed by atoms with Crippen molar-refractivity contribution >= 4 is 48.5 Å². The summed E-state index contributed by atoms with van der Waals surface area (Å²) in [5.41, 5.74) is 3.44. The first-order valence-corrected chi connectivity index (χ1v) is 7.72. The van der Waals surface area contributed by atoms with E-state index in [2.05, 4.69) is 36.8 Å². The molecule has 0 amide bonds. The van der Waals surface area contributed by atoms with E-state index in [-0.39, 0.29) is 5.78 Å². The van der Waals surface area contributed by atoms with Crippen molar-refractivity contribution in [3.05, 3.63) is 68.2 Å². The zero-order valence-electron chi connectivity index (χ0n) is 10.7. The molecule has 0 radical (unpaired) electrons. The number of aromatic nitrogens is 1. The molecule has 3 aromatic rings. The monoisotopic (exact) mass is 391 g/mol. The highest BCUT2D eigenvalue weighted by Gasteiger charge is 2.16. The maximum absolute atomic E-state index is 12.7. The summed E-state index contributed by atoms with van der Waals surface area (Å²) in [6.45, 7) is 2.00. The van der Waals surface area contributed by atoms with Gasteiger partial charge in [0.05, 0.1) is 0 Å². The van der Waals surface area contributed by atoms with Gasteiger partial charge in [0.15, 0.2) is 5.78 Å². The minimum absolute atomic E-state index is 0.0150. The molecule has 0 aliphatic rings. The fourth-order valence-electron chi connectivity index (χ4n) is 2.23. The molecule has 0 saturated heterocycles. The highest BCUT2D eigenvalue weighted by atomic mass is 79.9. The Balaban J connectivity index is 2.15. The van der Waals surface area contributed by atoms with Crippen LogP contribution in [0, 0.1) is 6.92 Å². The number of halogens is 2. The Morgan fingerprint density at radius 2 is 1.85 bits per heavy atom. The van der Waals surface area contributed by atoms with Gasteiger partial charge in [0.2, 0.25) is 0 Å². The van der Waals surface area contributed by atoms with Crippen LogP contribution in [0.25, 0.3) is 10.9 Å². The van der Waals surface area contributed by atoms with E-state index in [1.54, 1.807) is 6.20 Å². The van der Waals surface area contributed by atoms with Crippen molar-refractivity contribution in [1.82, 2.24) is 4.98 Å². The first-order chi connectivity index (χ1) is 9.56. The average Bonchev–Trinajstić information content (AvgIpc) is 2.81. The van der Waals surface area contributed by atoms with Crippen LogP contribution < -0.4 is 0 Å². The minimum atomic E-state index is 0.0150. The van der Waals surface area contributed by atoms with Gasteiger partial charge in [-0.05, 0) is 42.8 Å². The summed E-state index contributed by atoms with van der Waals surface area (Å²) in [5.74, 6) is 0.0150. The molecule has 3 rings (SSSR count). The molecule has 20 heavy (non-hydrogen) atoms. The molecule has 1 heterocycles. The third kappa shape index (κ3) is 2.34. The maximum atomic E-state index is 12.7. The lowest BCUT2D eigenvalue weighted by molar-refractivity contribution is 0.103.